The average Bonchev–Trinajstić information content (AvgIpc) is 3.05. The number of aromatic nitrogens is 2. The number of amides is 2. The topological polar surface area (TPSA) is 218 Å². The van der Waals surface area contributed by atoms with Gasteiger partial charge in [-0.2, -0.15) is 0 Å². The van der Waals surface area contributed by atoms with Crippen molar-refractivity contribution in [3.8, 4) is 0 Å². The predicted molar refractivity (Wildman–Crippen MR) is 188 cm³/mol. The van der Waals surface area contributed by atoms with Gasteiger partial charge < -0.3 is 39.5 Å². The normalized spacial score (nSPS) is 18.0. The maximum Gasteiger partial charge on any atom is 0.480 e. The van der Waals surface area contributed by atoms with Crippen LogP contribution in [0.1, 0.15) is 68.4 Å². The highest BCUT2D eigenvalue weighted by molar-refractivity contribution is 7.73. The van der Waals surface area contributed by atoms with Crippen molar-refractivity contribution in [3.05, 3.63) is 60.2 Å². The quantitative estimate of drug-likeness (QED) is 0.0898. The van der Waals surface area contributed by atoms with E-state index in [9.17, 15) is 38.2 Å². The first-order valence-electron chi connectivity index (χ1n) is 16.9. The molecule has 15 nitrogen and oxygen atoms in total. The average molecular weight is 738 g/mol. The molecular weight excluding hydrogens is 687 g/mol. The molecule has 1 aromatic heterocycles. The first kappa shape index (κ1) is 41.6. The van der Waals surface area contributed by atoms with E-state index in [1.165, 1.54) is 18.6 Å². The van der Waals surface area contributed by atoms with Crippen LogP contribution >= 0.6 is 15.0 Å². The predicted octanol–water partition coefficient (Wildman–Crippen LogP) is 2.85. The Bertz CT molecular complexity index is 1430. The van der Waals surface area contributed by atoms with Crippen molar-refractivity contribution in [2.45, 2.75) is 70.3 Å². The molecule has 3 rings (SSSR count). The van der Waals surface area contributed by atoms with E-state index in [2.05, 4.69) is 20.2 Å². The molecule has 276 valence electrons. The molecule has 1 aliphatic rings. The zero-order chi connectivity index (χ0) is 36.7. The van der Waals surface area contributed by atoms with Crippen molar-refractivity contribution in [2.75, 3.05) is 39.5 Å². The summed E-state index contributed by atoms with van der Waals surface area (Å²) in [5, 5.41) is 5.18. The van der Waals surface area contributed by atoms with Gasteiger partial charge in [-0.05, 0) is 50.1 Å². The van der Waals surface area contributed by atoms with Crippen LogP contribution in [0.5, 0.6) is 0 Å². The van der Waals surface area contributed by atoms with Crippen molar-refractivity contribution in [3.63, 3.8) is 0 Å². The standard InChI is InChI=1S/C32H50BN5O10P2/c1-24(2)20-29(36-31(41)26(21-25-10-5-4-6-11-25)22-28(39)27-23-34-13-14-35-27)33-47-18-8-16-38(17-9-19-48-33)15-7-12-30(40)37-32(49(3,42)43)50(44,45)46/h4-6,10-11,13-14,23-24,26,29,32H,7-9,12,15-22H2,1-3H3,(H,36,41)(H,37,40)(H,42,43)(H2,44,45,46)/t26-,29+,32?/m0/s1. The van der Waals surface area contributed by atoms with Crippen molar-refractivity contribution in [1.82, 2.24) is 25.5 Å². The largest absolute Gasteiger partial charge is 0.480 e. The zero-order valence-electron chi connectivity index (χ0n) is 28.9. The summed E-state index contributed by atoms with van der Waals surface area (Å²) in [5.41, 5.74) is -1.00. The van der Waals surface area contributed by atoms with Gasteiger partial charge in [0.05, 0.1) is 12.1 Å². The molecule has 2 amide bonds. The molecule has 0 radical (unpaired) electrons. The highest BCUT2D eigenvalue weighted by Gasteiger charge is 2.42. The number of hydrogen-bond acceptors (Lipinski definition) is 10. The van der Waals surface area contributed by atoms with E-state index in [4.69, 9.17) is 9.31 Å². The molecule has 1 saturated heterocycles. The van der Waals surface area contributed by atoms with Crippen LogP contribution in [0.3, 0.4) is 0 Å². The molecule has 0 saturated carbocycles. The molecule has 2 unspecified atom stereocenters. The maximum absolute atomic E-state index is 13.9. The summed E-state index contributed by atoms with van der Waals surface area (Å²) in [6.45, 7) is 7.42. The minimum absolute atomic E-state index is 0.0389. The molecule has 1 fully saturated rings. The fraction of sp³-hybridized carbons (Fsp3) is 0.594. The van der Waals surface area contributed by atoms with Crippen LogP contribution < -0.4 is 10.6 Å². The van der Waals surface area contributed by atoms with Crippen LogP contribution in [0.25, 0.3) is 0 Å². The Balaban J connectivity index is 1.58. The van der Waals surface area contributed by atoms with Gasteiger partial charge in [0, 0.05) is 64.1 Å². The number of nitrogens with zero attached hydrogens (tertiary/aromatic N) is 3. The van der Waals surface area contributed by atoms with Gasteiger partial charge in [0.2, 0.25) is 24.7 Å². The zero-order valence-corrected chi connectivity index (χ0v) is 30.7. The number of benzene rings is 1. The summed E-state index contributed by atoms with van der Waals surface area (Å²) < 4.78 is 35.9. The second-order valence-electron chi connectivity index (χ2n) is 13.1. The summed E-state index contributed by atoms with van der Waals surface area (Å²) in [7, 11) is -9.99. The lowest BCUT2D eigenvalue weighted by Crippen LogP contribution is -2.52. The SMILES string of the molecule is CC(C)C[C@@H](NC(=O)[C@H](CC(=O)c1cnccn1)Cc1ccccc1)B1OCCCN(CCCC(=O)NC(P(C)(=O)O)P(=O)(O)O)CCCO1. The van der Waals surface area contributed by atoms with Gasteiger partial charge in [-0.3, -0.25) is 28.5 Å². The summed E-state index contributed by atoms with van der Waals surface area (Å²) in [6, 6.07) is 9.53. The van der Waals surface area contributed by atoms with E-state index in [1.807, 2.05) is 49.5 Å². The van der Waals surface area contributed by atoms with Gasteiger partial charge in [0.25, 0.3) is 0 Å². The minimum Gasteiger partial charge on any atom is -0.410 e. The minimum atomic E-state index is -5.02. The third-order valence-corrected chi connectivity index (χ3v) is 12.1. The molecule has 0 bridgehead atoms. The monoisotopic (exact) mass is 737 g/mol. The maximum atomic E-state index is 13.9. The number of rotatable bonds is 17. The lowest BCUT2D eigenvalue weighted by Gasteiger charge is -2.30. The van der Waals surface area contributed by atoms with E-state index in [1.54, 1.807) is 0 Å². The molecular formula is C32H50BN5O10P2. The molecule has 50 heavy (non-hydrogen) atoms. The fourth-order valence-corrected chi connectivity index (χ4v) is 8.66. The second-order valence-corrected chi connectivity index (χ2v) is 17.6. The third kappa shape index (κ3) is 14.8. The van der Waals surface area contributed by atoms with Gasteiger partial charge in [0.15, 0.2) is 5.78 Å². The number of nitrogens with one attached hydrogen (secondary N) is 2. The Morgan fingerprint density at radius 1 is 1.00 bits per heavy atom. The van der Waals surface area contributed by atoms with Gasteiger partial charge in [-0.15, -0.1) is 0 Å². The molecule has 1 aromatic carbocycles. The third-order valence-electron chi connectivity index (χ3n) is 8.10. The van der Waals surface area contributed by atoms with Crippen molar-refractivity contribution < 1.29 is 47.5 Å². The van der Waals surface area contributed by atoms with E-state index in [-0.39, 0.29) is 36.1 Å². The number of Topliss-reactive ketones (excluding diaryl/α,β-unsaturated/α-hetero) is 1. The highest BCUT2D eigenvalue weighted by Crippen LogP contribution is 2.58. The molecule has 4 atom stereocenters. The molecule has 1 aliphatic heterocycles. The highest BCUT2D eigenvalue weighted by atomic mass is 31.2. The number of carbonyl (C=O) groups excluding carboxylic acids is 3. The van der Waals surface area contributed by atoms with Crippen LogP contribution in [-0.2, 0) is 34.4 Å². The smallest absolute Gasteiger partial charge is 0.410 e. The summed E-state index contributed by atoms with van der Waals surface area (Å²) in [5.74, 6) is -2.17. The number of hydrogen-bond donors (Lipinski definition) is 5. The Labute approximate surface area is 294 Å². The number of carbonyl (C=O) groups is 3. The van der Waals surface area contributed by atoms with Crippen LogP contribution in [-0.4, -0.2) is 105 Å². The van der Waals surface area contributed by atoms with Crippen LogP contribution in [0.4, 0.5) is 0 Å². The lowest BCUT2D eigenvalue weighted by molar-refractivity contribution is -0.125. The summed E-state index contributed by atoms with van der Waals surface area (Å²) in [4.78, 5) is 78.0. The molecule has 5 N–H and O–H groups in total. The van der Waals surface area contributed by atoms with Gasteiger partial charge in [-0.25, -0.2) is 4.98 Å². The van der Waals surface area contributed by atoms with Crippen molar-refractivity contribution >= 4 is 39.7 Å². The summed E-state index contributed by atoms with van der Waals surface area (Å²) in [6.07, 6.45) is 6.82. The fourth-order valence-electron chi connectivity index (χ4n) is 5.73. The van der Waals surface area contributed by atoms with Gasteiger partial charge >= 0.3 is 14.7 Å². The van der Waals surface area contributed by atoms with Gasteiger partial charge in [0.1, 0.15) is 5.69 Å². The summed E-state index contributed by atoms with van der Waals surface area (Å²) >= 11 is 0. The Morgan fingerprint density at radius 2 is 1.66 bits per heavy atom. The second kappa shape index (κ2) is 20.3. The van der Waals surface area contributed by atoms with Crippen molar-refractivity contribution in [2.24, 2.45) is 11.8 Å². The van der Waals surface area contributed by atoms with E-state index >= 15 is 0 Å². The molecule has 18 heteroatoms. The number of ketones is 1. The van der Waals surface area contributed by atoms with E-state index < -0.39 is 45.4 Å². The molecule has 2 aromatic rings. The Morgan fingerprint density at radius 3 is 2.22 bits per heavy atom. The van der Waals surface area contributed by atoms with Crippen LogP contribution in [0, 0.1) is 11.8 Å². The van der Waals surface area contributed by atoms with E-state index in [0.717, 1.165) is 12.2 Å². The van der Waals surface area contributed by atoms with Crippen LogP contribution in [0.2, 0.25) is 0 Å². The lowest BCUT2D eigenvalue weighted by atomic mass is 9.73. The van der Waals surface area contributed by atoms with Gasteiger partial charge in [-0.1, -0.05) is 44.2 Å². The first-order chi connectivity index (χ1) is 23.6. The Hall–Kier alpha value is -2.81. The van der Waals surface area contributed by atoms with Crippen LogP contribution in [0.15, 0.2) is 48.9 Å². The molecule has 2 heterocycles. The first-order valence-corrected chi connectivity index (χ1v) is 20.7. The van der Waals surface area contributed by atoms with Crippen molar-refractivity contribution in [1.29, 1.82) is 0 Å². The molecule has 0 aliphatic carbocycles. The van der Waals surface area contributed by atoms with E-state index in [0.29, 0.717) is 65.0 Å². The molecule has 0 spiro atoms. The Kier molecular flexibility index (Phi) is 16.9.